The summed E-state index contributed by atoms with van der Waals surface area (Å²) in [5.74, 6) is 0. The van der Waals surface area contributed by atoms with E-state index in [0.717, 1.165) is 55.3 Å². The van der Waals surface area contributed by atoms with Gasteiger partial charge >= 0.3 is 0 Å². The quantitative estimate of drug-likeness (QED) is 0.173. The molecular formula is C47H31N3O2S. The minimum absolute atomic E-state index is 0.200. The van der Waals surface area contributed by atoms with E-state index >= 15 is 0 Å². The zero-order chi connectivity index (χ0) is 35.5. The fourth-order valence-electron chi connectivity index (χ4n) is 7.65. The molecule has 0 atom stereocenters. The van der Waals surface area contributed by atoms with Crippen LogP contribution in [0.25, 0.3) is 77.5 Å². The van der Waals surface area contributed by atoms with Crippen molar-refractivity contribution in [3.05, 3.63) is 188 Å². The van der Waals surface area contributed by atoms with Crippen LogP contribution in [0.3, 0.4) is 0 Å². The summed E-state index contributed by atoms with van der Waals surface area (Å²) < 4.78 is 33.3. The van der Waals surface area contributed by atoms with Crippen LogP contribution in [-0.2, 0) is 9.84 Å². The number of pyridine rings is 1. The molecule has 0 radical (unpaired) electrons. The number of para-hydroxylation sites is 3. The Morgan fingerprint density at radius 3 is 1.30 bits per heavy atom. The predicted molar refractivity (Wildman–Crippen MR) is 216 cm³/mol. The second kappa shape index (κ2) is 12.2. The Bertz CT molecular complexity index is 3040. The van der Waals surface area contributed by atoms with E-state index in [0.29, 0.717) is 11.4 Å². The Kier molecular flexibility index (Phi) is 7.13. The Balaban J connectivity index is 1.14. The van der Waals surface area contributed by atoms with E-state index in [-0.39, 0.29) is 9.79 Å². The highest BCUT2D eigenvalue weighted by Crippen LogP contribution is 2.40. The molecule has 0 bridgehead atoms. The Morgan fingerprint density at radius 2 is 0.792 bits per heavy atom. The summed E-state index contributed by atoms with van der Waals surface area (Å²) in [4.78, 5) is 5.30. The van der Waals surface area contributed by atoms with Crippen molar-refractivity contribution >= 4 is 53.4 Å². The third kappa shape index (κ3) is 5.06. The van der Waals surface area contributed by atoms with Gasteiger partial charge in [0.2, 0.25) is 9.84 Å². The molecule has 3 aromatic heterocycles. The van der Waals surface area contributed by atoms with Crippen molar-refractivity contribution in [3.63, 3.8) is 0 Å². The summed E-state index contributed by atoms with van der Waals surface area (Å²) in [6, 6.07) is 62.0. The van der Waals surface area contributed by atoms with Crippen molar-refractivity contribution in [1.82, 2.24) is 14.1 Å². The number of hydrogen-bond donors (Lipinski definition) is 0. The zero-order valence-electron chi connectivity index (χ0n) is 28.5. The Morgan fingerprint density at radius 1 is 0.358 bits per heavy atom. The van der Waals surface area contributed by atoms with Crippen molar-refractivity contribution in [2.75, 3.05) is 0 Å². The maximum atomic E-state index is 14.4. The minimum Gasteiger partial charge on any atom is -0.309 e. The molecule has 0 aliphatic carbocycles. The Labute approximate surface area is 306 Å². The molecule has 6 heteroatoms. The monoisotopic (exact) mass is 701 g/mol. The molecule has 10 rings (SSSR count). The maximum Gasteiger partial charge on any atom is 0.206 e. The second-order valence-electron chi connectivity index (χ2n) is 13.2. The van der Waals surface area contributed by atoms with Gasteiger partial charge in [-0.3, -0.25) is 0 Å². The molecule has 0 amide bonds. The lowest BCUT2D eigenvalue weighted by molar-refractivity contribution is 0.596. The number of benzene rings is 7. The smallest absolute Gasteiger partial charge is 0.206 e. The van der Waals surface area contributed by atoms with Gasteiger partial charge in [-0.15, -0.1) is 0 Å². The number of hydrogen-bond acceptors (Lipinski definition) is 3. The zero-order valence-corrected chi connectivity index (χ0v) is 29.3. The molecule has 10 aromatic rings. The van der Waals surface area contributed by atoms with Crippen LogP contribution < -0.4 is 0 Å². The standard InChI is InChI=1S/C47H31N3O2S/c51-53(52,37-28-42(32-14-4-1-5-15-32)48-43(29-37)33-16-6-2-7-17-33)36-26-24-35(25-27-36)50-45-23-13-11-21-39(45)41-30-40-38-20-10-12-22-44(38)49(46(40)31-47(41)50)34-18-8-3-9-19-34/h1-31H. The number of sulfone groups is 1. The molecule has 0 saturated heterocycles. The molecule has 0 saturated carbocycles. The van der Waals surface area contributed by atoms with Crippen LogP contribution in [0.2, 0.25) is 0 Å². The van der Waals surface area contributed by atoms with E-state index in [1.54, 1.807) is 24.3 Å². The van der Waals surface area contributed by atoms with Crippen LogP contribution >= 0.6 is 0 Å². The summed E-state index contributed by atoms with van der Waals surface area (Å²) in [6.07, 6.45) is 0. The maximum absolute atomic E-state index is 14.4. The number of rotatable bonds is 6. The first-order valence-corrected chi connectivity index (χ1v) is 19.0. The van der Waals surface area contributed by atoms with E-state index in [9.17, 15) is 8.42 Å². The molecule has 3 heterocycles. The van der Waals surface area contributed by atoms with Crippen molar-refractivity contribution in [1.29, 1.82) is 0 Å². The minimum atomic E-state index is -3.90. The fraction of sp³-hybridized carbons (Fsp3) is 0. The van der Waals surface area contributed by atoms with Gasteiger partial charge in [0.1, 0.15) is 0 Å². The molecular weight excluding hydrogens is 671 g/mol. The Hall–Kier alpha value is -6.76. The molecule has 0 spiro atoms. The van der Waals surface area contributed by atoms with Gasteiger partial charge in [0.25, 0.3) is 0 Å². The topological polar surface area (TPSA) is 56.9 Å². The normalized spacial score (nSPS) is 11.9. The first-order chi connectivity index (χ1) is 26.0. The summed E-state index contributed by atoms with van der Waals surface area (Å²) >= 11 is 0. The summed E-state index contributed by atoms with van der Waals surface area (Å²) in [5.41, 5.74) is 9.23. The van der Waals surface area contributed by atoms with Crippen LogP contribution in [0.5, 0.6) is 0 Å². The van der Waals surface area contributed by atoms with Crippen molar-refractivity contribution in [2.24, 2.45) is 0 Å². The van der Waals surface area contributed by atoms with Gasteiger partial charge in [-0.05, 0) is 72.8 Å². The highest BCUT2D eigenvalue weighted by molar-refractivity contribution is 7.91. The predicted octanol–water partition coefficient (Wildman–Crippen LogP) is 11.4. The van der Waals surface area contributed by atoms with E-state index in [1.165, 1.54) is 10.8 Å². The van der Waals surface area contributed by atoms with Crippen LogP contribution in [-0.4, -0.2) is 22.5 Å². The number of nitrogens with zero attached hydrogens (tertiary/aromatic N) is 3. The largest absolute Gasteiger partial charge is 0.309 e. The average Bonchev–Trinajstić information content (AvgIpc) is 3.73. The van der Waals surface area contributed by atoms with Gasteiger partial charge in [-0.1, -0.05) is 115 Å². The van der Waals surface area contributed by atoms with Gasteiger partial charge in [-0.25, -0.2) is 13.4 Å². The summed E-state index contributed by atoms with van der Waals surface area (Å²) in [7, 11) is -3.90. The lowest BCUT2D eigenvalue weighted by Crippen LogP contribution is -2.05. The lowest BCUT2D eigenvalue weighted by atomic mass is 10.1. The van der Waals surface area contributed by atoms with Crippen LogP contribution in [0.15, 0.2) is 198 Å². The molecule has 252 valence electrons. The molecule has 0 N–H and O–H groups in total. The molecule has 5 nitrogen and oxygen atoms in total. The van der Waals surface area contributed by atoms with Crippen molar-refractivity contribution in [2.45, 2.75) is 9.79 Å². The molecule has 0 aliphatic heterocycles. The molecule has 7 aromatic carbocycles. The van der Waals surface area contributed by atoms with Gasteiger partial charge in [0, 0.05) is 44.0 Å². The third-order valence-electron chi connectivity index (χ3n) is 10.1. The first kappa shape index (κ1) is 31.0. The van der Waals surface area contributed by atoms with Gasteiger partial charge in [0.15, 0.2) is 0 Å². The average molecular weight is 702 g/mol. The summed E-state index contributed by atoms with van der Waals surface area (Å²) in [6.45, 7) is 0. The van der Waals surface area contributed by atoms with Gasteiger partial charge in [-0.2, -0.15) is 0 Å². The highest BCUT2D eigenvalue weighted by atomic mass is 32.2. The number of aromatic nitrogens is 3. The van der Waals surface area contributed by atoms with Crippen molar-refractivity contribution in [3.8, 4) is 33.9 Å². The van der Waals surface area contributed by atoms with Gasteiger partial charge < -0.3 is 9.13 Å². The van der Waals surface area contributed by atoms with Crippen molar-refractivity contribution < 1.29 is 8.42 Å². The second-order valence-corrected chi connectivity index (χ2v) is 15.2. The molecule has 0 aliphatic rings. The highest BCUT2D eigenvalue weighted by Gasteiger charge is 2.22. The fourth-order valence-corrected chi connectivity index (χ4v) is 8.95. The van der Waals surface area contributed by atoms with Gasteiger partial charge in [0.05, 0.1) is 43.2 Å². The lowest BCUT2D eigenvalue weighted by Gasteiger charge is -2.13. The molecule has 0 fully saturated rings. The van der Waals surface area contributed by atoms with E-state index in [2.05, 4.69) is 88.0 Å². The van der Waals surface area contributed by atoms with E-state index < -0.39 is 9.84 Å². The first-order valence-electron chi connectivity index (χ1n) is 17.5. The molecule has 53 heavy (non-hydrogen) atoms. The van der Waals surface area contributed by atoms with E-state index in [1.807, 2.05) is 84.9 Å². The van der Waals surface area contributed by atoms with Crippen LogP contribution in [0.4, 0.5) is 0 Å². The van der Waals surface area contributed by atoms with E-state index in [4.69, 9.17) is 4.98 Å². The van der Waals surface area contributed by atoms with Crippen LogP contribution in [0.1, 0.15) is 0 Å². The van der Waals surface area contributed by atoms with Crippen LogP contribution in [0, 0.1) is 0 Å². The summed E-state index contributed by atoms with van der Waals surface area (Å²) in [5, 5.41) is 4.65. The third-order valence-corrected chi connectivity index (χ3v) is 11.9. The SMILES string of the molecule is O=S(=O)(c1ccc(-n2c3ccccc3c3cc4c5ccccc5n(-c5ccccc5)c4cc32)cc1)c1cc(-c2ccccc2)nc(-c2ccccc2)c1. The number of fused-ring (bicyclic) bond motifs is 6. The molecule has 0 unspecified atom stereocenters.